The molecule has 0 saturated carbocycles. The monoisotopic (exact) mass is 170 g/mol. The molecule has 9 heavy (non-hydrogen) atoms. The Hall–Kier alpha value is 0.519. The van der Waals surface area contributed by atoms with Gasteiger partial charge in [-0.1, -0.05) is 26.2 Å². The minimum absolute atomic E-state index is 0. The van der Waals surface area contributed by atoms with Crippen LogP contribution in [0.4, 0.5) is 0 Å². The van der Waals surface area contributed by atoms with Crippen LogP contribution < -0.4 is 0 Å². The van der Waals surface area contributed by atoms with Gasteiger partial charge in [-0.15, -0.1) is 0 Å². The largest absolute Gasteiger partial charge is 2.00 e. The van der Waals surface area contributed by atoms with Crippen molar-refractivity contribution >= 4 is 0 Å². The Morgan fingerprint density at radius 1 is 1.11 bits per heavy atom. The average molecular weight is 170 g/mol. The van der Waals surface area contributed by atoms with Crippen LogP contribution in [-0.2, 0) is 17.1 Å². The van der Waals surface area contributed by atoms with Crippen LogP contribution >= 0.6 is 0 Å². The van der Waals surface area contributed by atoms with Gasteiger partial charge in [-0.2, -0.15) is 13.3 Å². The molecule has 0 nitrogen and oxygen atoms in total. The Morgan fingerprint density at radius 3 is 1.67 bits per heavy atom. The van der Waals surface area contributed by atoms with Crippen molar-refractivity contribution in [3.63, 3.8) is 0 Å². The van der Waals surface area contributed by atoms with Crippen LogP contribution in [0.25, 0.3) is 0 Å². The van der Waals surface area contributed by atoms with Crippen LogP contribution in [0.2, 0.25) is 0 Å². The molecule has 0 radical (unpaired) electrons. The smallest absolute Gasteiger partial charge is 0.346 e. The summed E-state index contributed by atoms with van der Waals surface area (Å²) in [4.78, 5) is 0. The normalized spacial score (nSPS) is 6.67. The van der Waals surface area contributed by atoms with E-state index in [1.165, 1.54) is 19.3 Å². The first-order valence-corrected chi connectivity index (χ1v) is 3.41. The van der Waals surface area contributed by atoms with E-state index >= 15 is 0 Å². The number of hydrogen-bond acceptors (Lipinski definition) is 0. The van der Waals surface area contributed by atoms with Crippen LogP contribution in [-0.4, -0.2) is 0 Å². The molecule has 1 heteroatoms. The fourth-order valence-electron chi connectivity index (χ4n) is 0.427. The predicted octanol–water partition coefficient (Wildman–Crippen LogP) is 3.24. The molecule has 0 unspecified atom stereocenters. The van der Waals surface area contributed by atoms with E-state index in [2.05, 4.69) is 20.8 Å². The third kappa shape index (κ3) is 29.2. The summed E-state index contributed by atoms with van der Waals surface area (Å²) in [7, 11) is 0. The van der Waals surface area contributed by atoms with Gasteiger partial charge in [0.15, 0.2) is 0 Å². The van der Waals surface area contributed by atoms with Crippen LogP contribution in [0, 0.1) is 13.8 Å². The van der Waals surface area contributed by atoms with Gasteiger partial charge in [-0.25, -0.2) is 0 Å². The van der Waals surface area contributed by atoms with E-state index in [-0.39, 0.29) is 17.1 Å². The van der Waals surface area contributed by atoms with Crippen molar-refractivity contribution in [3.05, 3.63) is 13.8 Å². The second kappa shape index (κ2) is 23.6. The first-order valence-electron chi connectivity index (χ1n) is 3.41. The van der Waals surface area contributed by atoms with Crippen LogP contribution in [0.5, 0.6) is 0 Å². The van der Waals surface area contributed by atoms with Crippen molar-refractivity contribution < 1.29 is 17.1 Å². The zero-order valence-electron chi connectivity index (χ0n) is 6.60. The minimum atomic E-state index is 0. The van der Waals surface area contributed by atoms with Gasteiger partial charge >= 0.3 is 17.1 Å². The molecular formula is C8H18Fe. The summed E-state index contributed by atoms with van der Waals surface area (Å²) >= 11 is 0. The molecule has 0 atom stereocenters. The van der Waals surface area contributed by atoms with Crippen LogP contribution in [0.3, 0.4) is 0 Å². The molecule has 0 aliphatic rings. The maximum absolute atomic E-state index is 3.72. The fourth-order valence-corrected chi connectivity index (χ4v) is 0.427. The molecule has 0 aromatic heterocycles. The summed E-state index contributed by atoms with van der Waals surface area (Å²) in [6.45, 7) is 10.9. The van der Waals surface area contributed by atoms with Crippen molar-refractivity contribution in [1.29, 1.82) is 0 Å². The molecule has 0 N–H and O–H groups in total. The molecule has 0 aliphatic heterocycles. The van der Waals surface area contributed by atoms with Gasteiger partial charge in [-0.3, -0.25) is 0 Å². The quantitative estimate of drug-likeness (QED) is 0.346. The van der Waals surface area contributed by atoms with Crippen molar-refractivity contribution in [1.82, 2.24) is 0 Å². The van der Waals surface area contributed by atoms with E-state index in [0.29, 0.717) is 0 Å². The van der Waals surface area contributed by atoms with Crippen molar-refractivity contribution in [2.75, 3.05) is 0 Å². The first-order chi connectivity index (χ1) is 3.91. The summed E-state index contributed by atoms with van der Waals surface area (Å²) in [5.74, 6) is 0. The average Bonchev–Trinajstić information content (AvgIpc) is 1.88. The molecular weight excluding hydrogens is 152 g/mol. The van der Waals surface area contributed by atoms with Crippen LogP contribution in [0.15, 0.2) is 0 Å². The summed E-state index contributed by atoms with van der Waals surface area (Å²) in [6.07, 6.45) is 5.07. The maximum Gasteiger partial charge on any atom is 2.00 e. The standard InChI is InChI=1S/C6H13.C2H5.Fe/c1-3-5-6-4-2;1-2;/h1,3-6H2,2H3;1H2,2H3;/q2*-1;+2. The molecule has 0 bridgehead atoms. The van der Waals surface area contributed by atoms with Gasteiger partial charge in [0.2, 0.25) is 0 Å². The van der Waals surface area contributed by atoms with E-state index in [9.17, 15) is 0 Å². The second-order valence-electron chi connectivity index (χ2n) is 1.56. The first kappa shape index (κ1) is 16.3. The van der Waals surface area contributed by atoms with Crippen LogP contribution in [0.1, 0.15) is 39.5 Å². The van der Waals surface area contributed by atoms with Crippen molar-refractivity contribution in [3.8, 4) is 0 Å². The third-order valence-electron chi connectivity index (χ3n) is 0.854. The molecule has 0 amide bonds. The molecule has 0 aromatic carbocycles. The van der Waals surface area contributed by atoms with Gasteiger partial charge in [0.1, 0.15) is 0 Å². The molecule has 0 saturated heterocycles. The van der Waals surface area contributed by atoms with E-state index < -0.39 is 0 Å². The molecule has 0 spiro atoms. The van der Waals surface area contributed by atoms with E-state index in [4.69, 9.17) is 0 Å². The maximum atomic E-state index is 3.72. The Morgan fingerprint density at radius 2 is 1.56 bits per heavy atom. The van der Waals surface area contributed by atoms with E-state index in [1.54, 1.807) is 6.92 Å². The van der Waals surface area contributed by atoms with Crippen molar-refractivity contribution in [2.24, 2.45) is 0 Å². The van der Waals surface area contributed by atoms with Gasteiger partial charge in [0.05, 0.1) is 0 Å². The minimum Gasteiger partial charge on any atom is -0.346 e. The Kier molecular flexibility index (Phi) is 42.6. The Balaban J connectivity index is -0.000000109. The summed E-state index contributed by atoms with van der Waals surface area (Å²) in [6, 6.07) is 0. The topological polar surface area (TPSA) is 0 Å². The van der Waals surface area contributed by atoms with Crippen molar-refractivity contribution in [2.45, 2.75) is 39.5 Å². The fraction of sp³-hybridized carbons (Fsp3) is 0.750. The second-order valence-corrected chi connectivity index (χ2v) is 1.56. The molecule has 0 aliphatic carbocycles. The van der Waals surface area contributed by atoms with E-state index in [0.717, 1.165) is 6.42 Å². The Bertz CT molecular complexity index is 16.5. The zero-order chi connectivity index (χ0) is 6.83. The van der Waals surface area contributed by atoms with Gasteiger partial charge in [0, 0.05) is 0 Å². The van der Waals surface area contributed by atoms with Gasteiger partial charge < -0.3 is 13.8 Å². The third-order valence-corrected chi connectivity index (χ3v) is 0.854. The summed E-state index contributed by atoms with van der Waals surface area (Å²) in [5.41, 5.74) is 0. The van der Waals surface area contributed by atoms with E-state index in [1.807, 2.05) is 0 Å². The SMILES string of the molecule is [CH2-]C.[CH2-]CCCCC.[Fe+2]. The Labute approximate surface area is 70.9 Å². The van der Waals surface area contributed by atoms with Gasteiger partial charge in [0.25, 0.3) is 0 Å². The number of unbranched alkanes of at least 4 members (excludes halogenated alkanes) is 3. The predicted molar refractivity (Wildman–Crippen MR) is 40.5 cm³/mol. The molecule has 0 heterocycles. The number of hydrogen-bond donors (Lipinski definition) is 0. The molecule has 0 rings (SSSR count). The number of rotatable bonds is 3. The molecule has 58 valence electrons. The summed E-state index contributed by atoms with van der Waals surface area (Å²) in [5, 5.41) is 0. The summed E-state index contributed by atoms with van der Waals surface area (Å²) < 4.78 is 0. The van der Waals surface area contributed by atoms with Gasteiger partial charge in [-0.05, 0) is 0 Å². The zero-order valence-corrected chi connectivity index (χ0v) is 7.70. The molecule has 0 aromatic rings. The molecule has 0 fully saturated rings.